The molecule has 0 N–H and O–H groups in total. The summed E-state index contributed by atoms with van der Waals surface area (Å²) in [6, 6.07) is 82.5. The first-order valence-electron chi connectivity index (χ1n) is 27.4. The number of anilines is 6. The molecule has 6 nitrogen and oxygen atoms in total. The van der Waals surface area contributed by atoms with Gasteiger partial charge in [-0.2, -0.15) is 0 Å². The van der Waals surface area contributed by atoms with Gasteiger partial charge in [-0.05, 0) is 116 Å². The van der Waals surface area contributed by atoms with E-state index in [1.54, 1.807) is 0 Å². The van der Waals surface area contributed by atoms with E-state index in [1.165, 1.54) is 27.5 Å². The van der Waals surface area contributed by atoms with Crippen LogP contribution in [0.1, 0.15) is 79.0 Å². The Kier molecular flexibility index (Phi) is 12.8. The Labute approximate surface area is 464 Å². The predicted octanol–water partition coefficient (Wildman–Crippen LogP) is 20.4. The summed E-state index contributed by atoms with van der Waals surface area (Å²) < 4.78 is 7.29. The zero-order valence-corrected chi connectivity index (χ0v) is 46.6. The number of hydrogen-bond donors (Lipinski definition) is 0. The maximum Gasteiger partial charge on any atom is 0.164 e. The molecule has 388 valence electrons. The van der Waals surface area contributed by atoms with E-state index in [0.717, 1.165) is 78.3 Å². The number of rotatable bonds is 10. The highest BCUT2D eigenvalue weighted by molar-refractivity contribution is 6.17. The van der Waals surface area contributed by atoms with Crippen molar-refractivity contribution in [1.82, 2.24) is 15.0 Å². The number of hydrogen-bond acceptors (Lipinski definition) is 6. The lowest BCUT2D eigenvalue weighted by atomic mass is 9.83. The largest absolute Gasteiger partial charge is 0.454 e. The molecule has 79 heavy (non-hydrogen) atoms. The highest BCUT2D eigenvalue weighted by Gasteiger charge is 2.32. The van der Waals surface area contributed by atoms with Crippen LogP contribution in [-0.4, -0.2) is 15.0 Å². The van der Waals surface area contributed by atoms with Gasteiger partial charge in [-0.3, -0.25) is 0 Å². The summed E-state index contributed by atoms with van der Waals surface area (Å²) in [6.07, 6.45) is 0. The maximum atomic E-state index is 7.29. The summed E-state index contributed by atoms with van der Waals surface area (Å²) in [6.45, 7) is 20.6. The highest BCUT2D eigenvalue weighted by atomic mass is 16.3. The molecule has 12 aromatic rings. The van der Waals surface area contributed by atoms with Gasteiger partial charge in [0.15, 0.2) is 23.1 Å². The normalized spacial score (nSPS) is 12.1. The van der Waals surface area contributed by atoms with E-state index in [-0.39, 0.29) is 16.2 Å². The van der Waals surface area contributed by atoms with E-state index in [2.05, 4.69) is 260 Å². The molecule has 0 aliphatic heterocycles. The molecule has 0 fully saturated rings. The lowest BCUT2D eigenvalue weighted by Gasteiger charge is -2.36. The number of benzene rings is 10. The third-order valence-electron chi connectivity index (χ3n) is 15.2. The average Bonchev–Trinajstić information content (AvgIpc) is 4.13. The van der Waals surface area contributed by atoms with Crippen molar-refractivity contribution in [2.45, 2.75) is 78.6 Å². The van der Waals surface area contributed by atoms with Crippen molar-refractivity contribution in [3.05, 3.63) is 247 Å². The summed E-state index contributed by atoms with van der Waals surface area (Å²) in [5, 5.41) is 4.24. The lowest BCUT2D eigenvalue weighted by molar-refractivity contribution is 0.589. The van der Waals surface area contributed by atoms with Gasteiger partial charge in [0.2, 0.25) is 0 Å². The topological polar surface area (TPSA) is 58.3 Å². The molecule has 0 atom stereocenters. The number of fused-ring (bicyclic) bond motifs is 4. The molecule has 0 radical (unpaired) electrons. The molecule has 0 amide bonds. The molecular formula is C73H65N5O. The number of aromatic nitrogens is 3. The van der Waals surface area contributed by atoms with Gasteiger partial charge < -0.3 is 14.2 Å². The summed E-state index contributed by atoms with van der Waals surface area (Å²) in [5.74, 6) is 1.75. The molecule has 0 spiro atoms. The zero-order valence-electron chi connectivity index (χ0n) is 46.6. The Morgan fingerprint density at radius 1 is 0.342 bits per heavy atom. The van der Waals surface area contributed by atoms with Crippen LogP contribution in [0.4, 0.5) is 34.1 Å². The summed E-state index contributed by atoms with van der Waals surface area (Å²) in [7, 11) is 0. The average molecular weight is 1030 g/mol. The monoisotopic (exact) mass is 1030 g/mol. The van der Waals surface area contributed by atoms with Crippen molar-refractivity contribution in [2.24, 2.45) is 0 Å². The van der Waals surface area contributed by atoms with Crippen LogP contribution in [-0.2, 0) is 16.2 Å². The Hall–Kier alpha value is -9.13. The van der Waals surface area contributed by atoms with Gasteiger partial charge in [0.05, 0.1) is 17.1 Å². The van der Waals surface area contributed by atoms with Crippen LogP contribution in [0.15, 0.2) is 235 Å². The van der Waals surface area contributed by atoms with E-state index >= 15 is 0 Å². The number of furan rings is 1. The molecule has 0 unspecified atom stereocenters. The Morgan fingerprint density at radius 2 is 0.797 bits per heavy atom. The molecule has 2 aromatic heterocycles. The summed E-state index contributed by atoms with van der Waals surface area (Å²) in [5.41, 5.74) is 15.6. The summed E-state index contributed by atoms with van der Waals surface area (Å²) >= 11 is 0. The second-order valence-corrected chi connectivity index (χ2v) is 23.8. The van der Waals surface area contributed by atoms with Crippen molar-refractivity contribution in [2.75, 3.05) is 9.80 Å². The lowest BCUT2D eigenvalue weighted by Crippen LogP contribution is -2.20. The molecule has 2 heterocycles. The highest BCUT2D eigenvalue weighted by Crippen LogP contribution is 2.53. The van der Waals surface area contributed by atoms with Crippen molar-refractivity contribution in [3.8, 4) is 45.3 Å². The van der Waals surface area contributed by atoms with Crippen molar-refractivity contribution < 1.29 is 4.42 Å². The molecule has 0 aliphatic rings. The van der Waals surface area contributed by atoms with Crippen LogP contribution in [0.5, 0.6) is 0 Å². The Morgan fingerprint density at radius 3 is 1.35 bits per heavy atom. The predicted molar refractivity (Wildman–Crippen MR) is 332 cm³/mol. The Balaban J connectivity index is 1.19. The van der Waals surface area contributed by atoms with Gasteiger partial charge in [0.25, 0.3) is 0 Å². The van der Waals surface area contributed by atoms with Gasteiger partial charge in [-0.1, -0.05) is 226 Å². The molecule has 0 bridgehead atoms. The first-order chi connectivity index (χ1) is 38.1. The van der Waals surface area contributed by atoms with Crippen LogP contribution in [0.3, 0.4) is 0 Å². The second kappa shape index (κ2) is 20.0. The molecule has 0 aliphatic carbocycles. The quantitative estimate of drug-likeness (QED) is 0.136. The smallest absolute Gasteiger partial charge is 0.164 e. The van der Waals surface area contributed by atoms with E-state index in [1.807, 2.05) is 42.5 Å². The minimum absolute atomic E-state index is 0.0285. The van der Waals surface area contributed by atoms with E-state index < -0.39 is 0 Å². The van der Waals surface area contributed by atoms with Crippen LogP contribution < -0.4 is 9.80 Å². The van der Waals surface area contributed by atoms with Crippen LogP contribution in [0.25, 0.3) is 78.0 Å². The molecule has 6 heteroatoms. The third kappa shape index (κ3) is 9.84. The van der Waals surface area contributed by atoms with Crippen LogP contribution in [0.2, 0.25) is 0 Å². The van der Waals surface area contributed by atoms with Gasteiger partial charge in [0, 0.05) is 50.1 Å². The van der Waals surface area contributed by atoms with Crippen molar-refractivity contribution >= 4 is 66.8 Å². The third-order valence-corrected chi connectivity index (χ3v) is 15.2. The number of para-hydroxylation sites is 1. The van der Waals surface area contributed by atoms with Crippen molar-refractivity contribution in [1.29, 1.82) is 0 Å². The van der Waals surface area contributed by atoms with Gasteiger partial charge in [-0.15, -0.1) is 0 Å². The zero-order chi connectivity index (χ0) is 54.6. The van der Waals surface area contributed by atoms with E-state index in [9.17, 15) is 0 Å². The molecule has 0 saturated heterocycles. The standard InChI is InChI=1S/C73H65N5O/c1-71(2,3)53-34-39-56(40-35-53)77(58-38-33-48-23-19-20-30-52(48)45-58)62-46-55(73(7,8)9)47-63(65(62)49-24-13-10-14-25-49)78(57-41-36-54(37-42-57)72(4,5)6)61-44-43-60(66-59-31-21-22-32-64(59)79-67(61)66)70-75-68(50-26-15-11-16-27-50)74-69(76-70)51-28-17-12-18-29-51/h10-47H,1-9H3. The first kappa shape index (κ1) is 50.7. The second-order valence-electron chi connectivity index (χ2n) is 23.8. The van der Waals surface area contributed by atoms with Gasteiger partial charge >= 0.3 is 0 Å². The Bertz CT molecular complexity index is 4110. The van der Waals surface area contributed by atoms with E-state index in [0.29, 0.717) is 23.1 Å². The fraction of sp³-hybridized carbons (Fsp3) is 0.164. The molecule has 12 rings (SSSR count). The summed E-state index contributed by atoms with van der Waals surface area (Å²) in [4.78, 5) is 20.6. The molecule has 0 saturated carbocycles. The van der Waals surface area contributed by atoms with Crippen molar-refractivity contribution in [3.63, 3.8) is 0 Å². The molecule has 10 aromatic carbocycles. The van der Waals surface area contributed by atoms with Gasteiger partial charge in [-0.25, -0.2) is 15.0 Å². The van der Waals surface area contributed by atoms with E-state index in [4.69, 9.17) is 19.4 Å². The fourth-order valence-electron chi connectivity index (χ4n) is 10.8. The number of nitrogens with zero attached hydrogens (tertiary/aromatic N) is 5. The fourth-order valence-corrected chi connectivity index (χ4v) is 10.8. The first-order valence-corrected chi connectivity index (χ1v) is 27.4. The SMILES string of the molecule is CC(C)(C)c1ccc(N(c2ccc3ccccc3c2)c2cc(C(C)(C)C)cc(N(c3ccc(C(C)(C)C)cc3)c3ccc(-c4nc(-c5ccccc5)nc(-c5ccccc5)n4)c4c3oc3ccccc34)c2-c2ccccc2)cc1. The van der Waals surface area contributed by atoms with Crippen LogP contribution in [0, 0.1) is 0 Å². The molecular weight excluding hydrogens is 963 g/mol. The minimum atomic E-state index is -0.282. The van der Waals surface area contributed by atoms with Gasteiger partial charge in [0.1, 0.15) is 5.58 Å². The maximum absolute atomic E-state index is 7.29. The van der Waals surface area contributed by atoms with Crippen LogP contribution >= 0.6 is 0 Å². The minimum Gasteiger partial charge on any atom is -0.454 e.